The maximum Gasteiger partial charge on any atom is 0.255 e. The highest BCUT2D eigenvalue weighted by atomic mass is 79.9. The minimum absolute atomic E-state index is 0.0171. The van der Waals surface area contributed by atoms with Crippen LogP contribution in [0.1, 0.15) is 29.8 Å². The molecule has 0 radical (unpaired) electrons. The van der Waals surface area contributed by atoms with Crippen molar-refractivity contribution in [2.75, 3.05) is 0 Å². The highest BCUT2D eigenvalue weighted by Gasteiger charge is 2.25. The van der Waals surface area contributed by atoms with E-state index < -0.39 is 5.54 Å². The molecule has 0 saturated heterocycles. The molecule has 110 valence electrons. The maximum absolute atomic E-state index is 12.3. The zero-order chi connectivity index (χ0) is 15.6. The summed E-state index contributed by atoms with van der Waals surface area (Å²) >= 11 is 15.0. The van der Waals surface area contributed by atoms with Crippen LogP contribution in [0.25, 0.3) is 0 Å². The van der Waals surface area contributed by atoms with Gasteiger partial charge in [0.2, 0.25) is 0 Å². The highest BCUT2D eigenvalue weighted by molar-refractivity contribution is 9.10. The SMILES string of the molecule is CC(C)(NC(=O)c1cc(Cl)nnc1Cl)c1ccc(Br)cc1. The Bertz CT molecular complexity index is 674. The van der Waals surface area contributed by atoms with E-state index in [1.165, 1.54) is 6.07 Å². The third-order valence-corrected chi connectivity index (χ3v) is 3.95. The van der Waals surface area contributed by atoms with E-state index in [-0.39, 0.29) is 21.8 Å². The molecule has 0 aliphatic carbocycles. The van der Waals surface area contributed by atoms with Crippen molar-refractivity contribution in [1.82, 2.24) is 15.5 Å². The fraction of sp³-hybridized carbons (Fsp3) is 0.214. The van der Waals surface area contributed by atoms with Crippen LogP contribution >= 0.6 is 39.1 Å². The lowest BCUT2D eigenvalue weighted by Crippen LogP contribution is -2.41. The van der Waals surface area contributed by atoms with Gasteiger partial charge >= 0.3 is 0 Å². The van der Waals surface area contributed by atoms with Gasteiger partial charge in [-0.1, -0.05) is 51.3 Å². The van der Waals surface area contributed by atoms with Gasteiger partial charge in [0.15, 0.2) is 10.3 Å². The molecule has 1 aromatic carbocycles. The molecule has 1 amide bonds. The van der Waals surface area contributed by atoms with Crippen LogP contribution in [0.15, 0.2) is 34.8 Å². The van der Waals surface area contributed by atoms with Gasteiger partial charge in [-0.15, -0.1) is 10.2 Å². The smallest absolute Gasteiger partial charge is 0.255 e. The normalized spacial score (nSPS) is 11.3. The van der Waals surface area contributed by atoms with E-state index in [0.717, 1.165) is 10.0 Å². The second kappa shape index (κ2) is 6.30. The lowest BCUT2D eigenvalue weighted by molar-refractivity contribution is 0.0911. The zero-order valence-electron chi connectivity index (χ0n) is 11.3. The van der Waals surface area contributed by atoms with Gasteiger partial charge < -0.3 is 5.32 Å². The van der Waals surface area contributed by atoms with Gasteiger partial charge in [0.05, 0.1) is 11.1 Å². The molecule has 0 aliphatic heterocycles. The molecule has 4 nitrogen and oxygen atoms in total. The summed E-state index contributed by atoms with van der Waals surface area (Å²) < 4.78 is 0.974. The first-order valence-electron chi connectivity index (χ1n) is 6.07. The standard InChI is InChI=1S/C14H12BrCl2N3O/c1-14(2,8-3-5-9(15)6-4-8)18-13(21)10-7-11(16)19-20-12(10)17/h3-7H,1-2H3,(H,18,21). The Hall–Kier alpha value is -1.17. The van der Waals surface area contributed by atoms with E-state index in [9.17, 15) is 4.79 Å². The van der Waals surface area contributed by atoms with Crippen molar-refractivity contribution >= 4 is 45.0 Å². The number of hydrogen-bond acceptors (Lipinski definition) is 3. The van der Waals surface area contributed by atoms with Crippen LogP contribution in [0.3, 0.4) is 0 Å². The molecule has 1 heterocycles. The number of benzene rings is 1. The summed E-state index contributed by atoms with van der Waals surface area (Å²) in [6.07, 6.45) is 0. The molecule has 0 unspecified atom stereocenters. The molecule has 2 rings (SSSR count). The van der Waals surface area contributed by atoms with Gasteiger partial charge in [-0.2, -0.15) is 0 Å². The molecule has 0 atom stereocenters. The molecular formula is C14H12BrCl2N3O. The predicted octanol–water partition coefficient (Wildman–Crippen LogP) is 4.21. The van der Waals surface area contributed by atoms with Crippen molar-refractivity contribution in [1.29, 1.82) is 0 Å². The fourth-order valence-corrected chi connectivity index (χ4v) is 2.39. The molecule has 0 bridgehead atoms. The number of amides is 1. The molecule has 0 saturated carbocycles. The summed E-state index contributed by atoms with van der Waals surface area (Å²) in [6, 6.07) is 9.10. The molecule has 2 aromatic rings. The van der Waals surface area contributed by atoms with E-state index >= 15 is 0 Å². The Labute approximate surface area is 141 Å². The van der Waals surface area contributed by atoms with E-state index in [4.69, 9.17) is 23.2 Å². The van der Waals surface area contributed by atoms with Gasteiger partial charge in [-0.25, -0.2) is 0 Å². The number of halogens is 3. The first kappa shape index (κ1) is 16.2. The van der Waals surface area contributed by atoms with Crippen molar-refractivity contribution in [2.24, 2.45) is 0 Å². The van der Waals surface area contributed by atoms with Crippen molar-refractivity contribution in [2.45, 2.75) is 19.4 Å². The Kier molecular flexibility index (Phi) is 4.86. The Morgan fingerprint density at radius 2 is 1.81 bits per heavy atom. The van der Waals surface area contributed by atoms with Crippen molar-refractivity contribution < 1.29 is 4.79 Å². The second-order valence-electron chi connectivity index (χ2n) is 4.96. The number of hydrogen-bond donors (Lipinski definition) is 1. The monoisotopic (exact) mass is 387 g/mol. The summed E-state index contributed by atoms with van der Waals surface area (Å²) in [6.45, 7) is 3.80. The lowest BCUT2D eigenvalue weighted by Gasteiger charge is -2.27. The number of nitrogens with one attached hydrogen (secondary N) is 1. The van der Waals surface area contributed by atoms with Crippen LogP contribution in [0, 0.1) is 0 Å². The van der Waals surface area contributed by atoms with Gasteiger partial charge in [0.1, 0.15) is 0 Å². The average Bonchev–Trinajstić information content (AvgIpc) is 2.41. The van der Waals surface area contributed by atoms with E-state index in [2.05, 4.69) is 31.4 Å². The van der Waals surface area contributed by atoms with Crippen LogP contribution in [0.5, 0.6) is 0 Å². The largest absolute Gasteiger partial charge is 0.343 e. The Morgan fingerprint density at radius 1 is 1.19 bits per heavy atom. The molecule has 1 aromatic heterocycles. The summed E-state index contributed by atoms with van der Waals surface area (Å²) in [5.74, 6) is -0.357. The molecule has 0 aliphatic rings. The van der Waals surface area contributed by atoms with Gasteiger partial charge in [0.25, 0.3) is 5.91 Å². The van der Waals surface area contributed by atoms with Gasteiger partial charge in [0, 0.05) is 4.47 Å². The first-order valence-corrected chi connectivity index (χ1v) is 7.62. The Balaban J connectivity index is 2.25. The van der Waals surface area contributed by atoms with Crippen molar-refractivity contribution in [3.63, 3.8) is 0 Å². The molecule has 0 fully saturated rings. The van der Waals surface area contributed by atoms with E-state index in [1.807, 2.05) is 38.1 Å². The molecular weight excluding hydrogens is 377 g/mol. The molecule has 1 N–H and O–H groups in total. The summed E-state index contributed by atoms with van der Waals surface area (Å²) in [5, 5.41) is 10.3. The number of aromatic nitrogens is 2. The fourth-order valence-electron chi connectivity index (χ4n) is 1.80. The minimum atomic E-state index is -0.573. The summed E-state index contributed by atoms with van der Waals surface area (Å²) in [5.41, 5.74) is 0.585. The topological polar surface area (TPSA) is 54.9 Å². The Morgan fingerprint density at radius 3 is 2.43 bits per heavy atom. The third kappa shape index (κ3) is 3.93. The van der Waals surface area contributed by atoms with Crippen LogP contribution < -0.4 is 5.32 Å². The molecule has 0 spiro atoms. The molecule has 7 heteroatoms. The third-order valence-electron chi connectivity index (χ3n) is 2.96. The number of nitrogens with zero attached hydrogens (tertiary/aromatic N) is 2. The maximum atomic E-state index is 12.3. The van der Waals surface area contributed by atoms with Crippen molar-refractivity contribution in [3.8, 4) is 0 Å². The van der Waals surface area contributed by atoms with E-state index in [0.29, 0.717) is 0 Å². The highest BCUT2D eigenvalue weighted by Crippen LogP contribution is 2.24. The van der Waals surface area contributed by atoms with Gasteiger partial charge in [-0.3, -0.25) is 4.79 Å². The first-order chi connectivity index (χ1) is 9.79. The number of carbonyl (C=O) groups excluding carboxylic acids is 1. The van der Waals surface area contributed by atoms with Crippen molar-refractivity contribution in [3.05, 3.63) is 56.2 Å². The predicted molar refractivity (Wildman–Crippen MR) is 86.7 cm³/mol. The molecule has 21 heavy (non-hydrogen) atoms. The minimum Gasteiger partial charge on any atom is -0.343 e. The zero-order valence-corrected chi connectivity index (χ0v) is 14.4. The lowest BCUT2D eigenvalue weighted by atomic mass is 9.94. The second-order valence-corrected chi connectivity index (χ2v) is 6.62. The van der Waals surface area contributed by atoms with Crippen LogP contribution in [-0.2, 0) is 5.54 Å². The van der Waals surface area contributed by atoms with Crippen LogP contribution in [0.2, 0.25) is 10.3 Å². The quantitative estimate of drug-likeness (QED) is 0.856. The summed E-state index contributed by atoms with van der Waals surface area (Å²) in [7, 11) is 0. The van der Waals surface area contributed by atoms with E-state index in [1.54, 1.807) is 0 Å². The van der Waals surface area contributed by atoms with Crippen LogP contribution in [-0.4, -0.2) is 16.1 Å². The van der Waals surface area contributed by atoms with Gasteiger partial charge in [-0.05, 0) is 37.6 Å². The number of carbonyl (C=O) groups is 1. The number of rotatable bonds is 3. The van der Waals surface area contributed by atoms with Crippen LogP contribution in [0.4, 0.5) is 0 Å². The summed E-state index contributed by atoms with van der Waals surface area (Å²) in [4.78, 5) is 12.3. The average molecular weight is 389 g/mol.